The van der Waals surface area contributed by atoms with Crippen molar-refractivity contribution in [2.75, 3.05) is 11.9 Å². The summed E-state index contributed by atoms with van der Waals surface area (Å²) in [6.07, 6.45) is 0.523. The van der Waals surface area contributed by atoms with Crippen LogP contribution >= 0.6 is 0 Å². The van der Waals surface area contributed by atoms with Crippen LogP contribution in [0.4, 0.5) is 5.69 Å². The molecule has 0 saturated carbocycles. The van der Waals surface area contributed by atoms with Gasteiger partial charge in [0, 0.05) is 6.54 Å². The summed E-state index contributed by atoms with van der Waals surface area (Å²) in [6, 6.07) is 4.86. The van der Waals surface area contributed by atoms with Gasteiger partial charge in [-0.2, -0.15) is 0 Å². The molecule has 2 rings (SSSR count). The zero-order chi connectivity index (χ0) is 17.0. The number of para-hydroxylation sites is 1. The van der Waals surface area contributed by atoms with E-state index in [0.29, 0.717) is 17.9 Å². The Labute approximate surface area is 134 Å². The Hall–Kier alpha value is -2.57. The molecule has 0 saturated heterocycles. The van der Waals surface area contributed by atoms with Crippen molar-refractivity contribution in [2.24, 2.45) is 5.92 Å². The molecular weight excluding hydrogens is 300 g/mol. The van der Waals surface area contributed by atoms with E-state index in [9.17, 15) is 14.4 Å². The molecule has 7 heteroatoms. The minimum atomic E-state index is -0.931. The van der Waals surface area contributed by atoms with Crippen LogP contribution < -0.4 is 15.4 Å². The monoisotopic (exact) mass is 320 g/mol. The number of hydrogen-bond acceptors (Lipinski definition) is 4. The van der Waals surface area contributed by atoms with Gasteiger partial charge in [0.25, 0.3) is 11.8 Å². The molecule has 1 aromatic rings. The van der Waals surface area contributed by atoms with Crippen LogP contribution in [0.15, 0.2) is 18.2 Å². The van der Waals surface area contributed by atoms with E-state index in [4.69, 9.17) is 9.84 Å². The molecular formula is C16H20N2O5. The number of anilines is 1. The van der Waals surface area contributed by atoms with Crippen LogP contribution in [0.3, 0.4) is 0 Å². The van der Waals surface area contributed by atoms with Gasteiger partial charge < -0.3 is 20.5 Å². The average molecular weight is 320 g/mol. The molecule has 2 amide bonds. The summed E-state index contributed by atoms with van der Waals surface area (Å²) in [7, 11) is 0. The Bertz CT molecular complexity index is 629. The molecule has 0 spiro atoms. The van der Waals surface area contributed by atoms with E-state index >= 15 is 0 Å². The van der Waals surface area contributed by atoms with Crippen LogP contribution in [0, 0.1) is 5.92 Å². The Morgan fingerprint density at radius 3 is 2.83 bits per heavy atom. The number of fused-ring (bicyclic) bond motifs is 1. The normalized spacial score (nSPS) is 17.5. The summed E-state index contributed by atoms with van der Waals surface area (Å²) < 4.78 is 5.51. The highest BCUT2D eigenvalue weighted by atomic mass is 16.5. The van der Waals surface area contributed by atoms with Crippen LogP contribution in [-0.2, 0) is 9.59 Å². The lowest BCUT2D eigenvalue weighted by Gasteiger charge is -2.25. The Balaban J connectivity index is 2.13. The number of carbonyl (C=O) groups excluding carboxylic acids is 2. The van der Waals surface area contributed by atoms with E-state index in [-0.39, 0.29) is 18.0 Å². The third-order valence-corrected chi connectivity index (χ3v) is 3.68. The number of ether oxygens (including phenoxy) is 1. The summed E-state index contributed by atoms with van der Waals surface area (Å²) in [5.74, 6) is -1.95. The number of amides is 2. The van der Waals surface area contributed by atoms with Crippen molar-refractivity contribution in [3.63, 3.8) is 0 Å². The van der Waals surface area contributed by atoms with Gasteiger partial charge in [-0.1, -0.05) is 19.4 Å². The molecule has 0 aliphatic carbocycles. The summed E-state index contributed by atoms with van der Waals surface area (Å²) in [4.78, 5) is 35.1. The van der Waals surface area contributed by atoms with E-state index in [0.717, 1.165) is 6.42 Å². The molecule has 1 aromatic carbocycles. The summed E-state index contributed by atoms with van der Waals surface area (Å²) in [5.41, 5.74) is 0.707. The van der Waals surface area contributed by atoms with Crippen molar-refractivity contribution in [2.45, 2.75) is 32.8 Å². The van der Waals surface area contributed by atoms with Crippen molar-refractivity contribution in [3.8, 4) is 5.75 Å². The Morgan fingerprint density at radius 2 is 2.17 bits per heavy atom. The van der Waals surface area contributed by atoms with E-state index in [1.54, 1.807) is 25.1 Å². The molecule has 1 aliphatic heterocycles. The van der Waals surface area contributed by atoms with Gasteiger partial charge >= 0.3 is 5.97 Å². The third-order valence-electron chi connectivity index (χ3n) is 3.68. The first-order valence-electron chi connectivity index (χ1n) is 7.55. The SMILES string of the molecule is CCCC(CNC(=O)c1cccc2c1OC(C)C(=O)N2)C(=O)O. The predicted molar refractivity (Wildman–Crippen MR) is 83.5 cm³/mol. The number of benzene rings is 1. The maximum Gasteiger partial charge on any atom is 0.308 e. The van der Waals surface area contributed by atoms with Crippen LogP contribution in [-0.4, -0.2) is 35.5 Å². The number of carboxylic acid groups (broad SMARTS) is 1. The van der Waals surface area contributed by atoms with Gasteiger partial charge in [0.15, 0.2) is 11.9 Å². The maximum atomic E-state index is 12.3. The minimum absolute atomic E-state index is 0.0492. The largest absolute Gasteiger partial charge is 0.481 e. The number of carboxylic acids is 1. The van der Waals surface area contributed by atoms with Crippen molar-refractivity contribution >= 4 is 23.5 Å². The fourth-order valence-electron chi connectivity index (χ4n) is 2.38. The van der Waals surface area contributed by atoms with Gasteiger partial charge in [0.05, 0.1) is 17.2 Å². The molecule has 1 heterocycles. The Morgan fingerprint density at radius 1 is 1.43 bits per heavy atom. The molecule has 0 fully saturated rings. The highest BCUT2D eigenvalue weighted by molar-refractivity contribution is 6.04. The molecule has 2 atom stereocenters. The molecule has 2 unspecified atom stereocenters. The van der Waals surface area contributed by atoms with Crippen LogP contribution in [0.25, 0.3) is 0 Å². The molecule has 0 aromatic heterocycles. The lowest BCUT2D eigenvalue weighted by Crippen LogP contribution is -2.37. The first kappa shape index (κ1) is 16.8. The predicted octanol–water partition coefficient (Wildman–Crippen LogP) is 1.64. The first-order valence-corrected chi connectivity index (χ1v) is 7.55. The van der Waals surface area contributed by atoms with Gasteiger partial charge in [-0.25, -0.2) is 0 Å². The quantitative estimate of drug-likeness (QED) is 0.739. The minimum Gasteiger partial charge on any atom is -0.481 e. The Kier molecular flexibility index (Phi) is 5.20. The van der Waals surface area contributed by atoms with Gasteiger partial charge in [0.2, 0.25) is 0 Å². The molecule has 0 bridgehead atoms. The van der Waals surface area contributed by atoms with Crippen molar-refractivity contribution in [3.05, 3.63) is 23.8 Å². The summed E-state index contributed by atoms with van der Waals surface area (Å²) in [5, 5.41) is 14.4. The zero-order valence-corrected chi connectivity index (χ0v) is 13.1. The van der Waals surface area contributed by atoms with Crippen LogP contribution in [0.2, 0.25) is 0 Å². The van der Waals surface area contributed by atoms with Gasteiger partial charge in [-0.3, -0.25) is 14.4 Å². The standard InChI is InChI=1S/C16H20N2O5/c1-3-5-10(16(21)22)8-17-15(20)11-6-4-7-12-13(11)23-9(2)14(19)18-12/h4,6-7,9-10H,3,5,8H2,1-2H3,(H,17,20)(H,18,19)(H,21,22). The van der Waals surface area contributed by atoms with Crippen molar-refractivity contribution in [1.82, 2.24) is 5.32 Å². The lowest BCUT2D eigenvalue weighted by atomic mass is 10.0. The van der Waals surface area contributed by atoms with E-state index in [2.05, 4.69) is 10.6 Å². The molecule has 124 valence electrons. The first-order chi connectivity index (χ1) is 10.9. The fourth-order valence-corrected chi connectivity index (χ4v) is 2.38. The molecule has 23 heavy (non-hydrogen) atoms. The summed E-state index contributed by atoms with van der Waals surface area (Å²) >= 11 is 0. The summed E-state index contributed by atoms with van der Waals surface area (Å²) in [6.45, 7) is 3.53. The van der Waals surface area contributed by atoms with E-state index in [1.807, 2.05) is 6.92 Å². The fraction of sp³-hybridized carbons (Fsp3) is 0.438. The number of nitrogens with one attached hydrogen (secondary N) is 2. The van der Waals surface area contributed by atoms with E-state index < -0.39 is 23.9 Å². The smallest absolute Gasteiger partial charge is 0.308 e. The second-order valence-electron chi connectivity index (χ2n) is 5.47. The van der Waals surface area contributed by atoms with Crippen LogP contribution in [0.5, 0.6) is 5.75 Å². The molecule has 3 N–H and O–H groups in total. The lowest BCUT2D eigenvalue weighted by molar-refractivity contribution is -0.141. The molecule has 1 aliphatic rings. The maximum absolute atomic E-state index is 12.3. The van der Waals surface area contributed by atoms with Gasteiger partial charge in [-0.15, -0.1) is 0 Å². The number of aliphatic carboxylic acids is 1. The van der Waals surface area contributed by atoms with E-state index in [1.165, 1.54) is 0 Å². The molecule has 0 radical (unpaired) electrons. The molecule has 7 nitrogen and oxygen atoms in total. The number of hydrogen-bond donors (Lipinski definition) is 3. The van der Waals surface area contributed by atoms with Gasteiger partial charge in [0.1, 0.15) is 0 Å². The second kappa shape index (κ2) is 7.13. The second-order valence-corrected chi connectivity index (χ2v) is 5.47. The van der Waals surface area contributed by atoms with Crippen molar-refractivity contribution < 1.29 is 24.2 Å². The van der Waals surface area contributed by atoms with Crippen LogP contribution in [0.1, 0.15) is 37.0 Å². The highest BCUT2D eigenvalue weighted by Gasteiger charge is 2.28. The highest BCUT2D eigenvalue weighted by Crippen LogP contribution is 2.33. The van der Waals surface area contributed by atoms with Crippen molar-refractivity contribution in [1.29, 1.82) is 0 Å². The number of rotatable bonds is 6. The number of carbonyl (C=O) groups is 3. The average Bonchev–Trinajstić information content (AvgIpc) is 2.51. The third kappa shape index (κ3) is 3.80. The topological polar surface area (TPSA) is 105 Å². The zero-order valence-electron chi connectivity index (χ0n) is 13.1. The van der Waals surface area contributed by atoms with Gasteiger partial charge in [-0.05, 0) is 25.5 Å².